The minimum Gasteiger partial charge on any atom is -0.384 e. The number of hydrogen-bond acceptors (Lipinski definition) is 4. The monoisotopic (exact) mass is 286 g/mol. The summed E-state index contributed by atoms with van der Waals surface area (Å²) in [4.78, 5) is 6.44. The van der Waals surface area contributed by atoms with Gasteiger partial charge in [-0.3, -0.25) is 0 Å². The van der Waals surface area contributed by atoms with Crippen molar-refractivity contribution in [1.29, 1.82) is 0 Å². The van der Waals surface area contributed by atoms with Crippen molar-refractivity contribution in [3.63, 3.8) is 0 Å². The first-order valence-corrected chi connectivity index (χ1v) is 5.51. The van der Waals surface area contributed by atoms with Crippen LogP contribution in [0.5, 0.6) is 0 Å². The van der Waals surface area contributed by atoms with Crippen LogP contribution < -0.4 is 11.1 Å². The van der Waals surface area contributed by atoms with Crippen LogP contribution in [0.2, 0.25) is 0 Å². The van der Waals surface area contributed by atoms with Gasteiger partial charge in [-0.05, 0) is 19.1 Å². The van der Waals surface area contributed by atoms with Gasteiger partial charge in [-0.1, -0.05) is 6.07 Å². The lowest BCUT2D eigenvalue weighted by Gasteiger charge is -2.12. The molecule has 0 amide bonds. The number of hydrogen-bond donors (Lipinski definition) is 2. The third-order valence-electron chi connectivity index (χ3n) is 2.53. The summed E-state index contributed by atoms with van der Waals surface area (Å²) in [5.41, 5.74) is 5.88. The quantitative estimate of drug-likeness (QED) is 0.832. The number of nitrogens with zero attached hydrogens (tertiary/aromatic N) is 2. The summed E-state index contributed by atoms with van der Waals surface area (Å²) in [5.74, 6) is -2.32. The molecule has 0 aliphatic carbocycles. The first kappa shape index (κ1) is 14.0. The van der Waals surface area contributed by atoms with E-state index in [0.29, 0.717) is 5.69 Å². The average Bonchev–Trinajstić information content (AvgIpc) is 2.33. The lowest BCUT2D eigenvalue weighted by atomic mass is 10.2. The lowest BCUT2D eigenvalue weighted by Crippen LogP contribution is -2.13. The number of anilines is 3. The number of halogens is 4. The van der Waals surface area contributed by atoms with Gasteiger partial charge in [0.1, 0.15) is 17.5 Å². The highest BCUT2D eigenvalue weighted by molar-refractivity contribution is 5.62. The Hall–Kier alpha value is -2.38. The normalized spacial score (nSPS) is 11.4. The van der Waals surface area contributed by atoms with Gasteiger partial charge in [0.2, 0.25) is 5.82 Å². The van der Waals surface area contributed by atoms with Crippen molar-refractivity contribution in [3.05, 3.63) is 41.5 Å². The Morgan fingerprint density at radius 3 is 2.55 bits per heavy atom. The maximum Gasteiger partial charge on any atom is 0.451 e. The summed E-state index contributed by atoms with van der Waals surface area (Å²) in [5, 5.41) is 2.60. The number of benzene rings is 1. The minimum atomic E-state index is -4.71. The highest BCUT2D eigenvalue weighted by Crippen LogP contribution is 2.29. The SMILES string of the molecule is Cc1c(F)cccc1Nc1cc(N)nc(C(F)(F)F)n1. The first-order chi connectivity index (χ1) is 9.27. The molecule has 2 aromatic rings. The smallest absolute Gasteiger partial charge is 0.384 e. The zero-order chi connectivity index (χ0) is 14.9. The molecule has 0 fully saturated rings. The van der Waals surface area contributed by atoms with Gasteiger partial charge in [0.05, 0.1) is 0 Å². The van der Waals surface area contributed by atoms with Crippen molar-refractivity contribution >= 4 is 17.3 Å². The Morgan fingerprint density at radius 1 is 1.20 bits per heavy atom. The third kappa shape index (κ3) is 2.95. The summed E-state index contributed by atoms with van der Waals surface area (Å²) < 4.78 is 51.0. The predicted octanol–water partition coefficient (Wildman–Crippen LogP) is 3.27. The van der Waals surface area contributed by atoms with Crippen molar-refractivity contribution < 1.29 is 17.6 Å². The molecule has 0 aliphatic rings. The minimum absolute atomic E-state index is 0.154. The largest absolute Gasteiger partial charge is 0.451 e. The topological polar surface area (TPSA) is 63.8 Å². The second-order valence-corrected chi connectivity index (χ2v) is 4.04. The zero-order valence-corrected chi connectivity index (χ0v) is 10.3. The second-order valence-electron chi connectivity index (χ2n) is 4.04. The van der Waals surface area contributed by atoms with Crippen molar-refractivity contribution in [2.45, 2.75) is 13.1 Å². The van der Waals surface area contributed by atoms with Crippen LogP contribution in [-0.2, 0) is 6.18 Å². The van der Waals surface area contributed by atoms with Gasteiger partial charge < -0.3 is 11.1 Å². The van der Waals surface area contributed by atoms with Gasteiger partial charge >= 0.3 is 6.18 Å². The van der Waals surface area contributed by atoms with E-state index in [-0.39, 0.29) is 17.2 Å². The summed E-state index contributed by atoms with van der Waals surface area (Å²) in [6.45, 7) is 1.49. The van der Waals surface area contributed by atoms with E-state index in [1.807, 2.05) is 0 Å². The Balaban J connectivity index is 2.39. The van der Waals surface area contributed by atoms with E-state index in [4.69, 9.17) is 5.73 Å². The molecule has 3 N–H and O–H groups in total. The van der Waals surface area contributed by atoms with E-state index in [1.165, 1.54) is 25.1 Å². The Labute approximate surface area is 111 Å². The van der Waals surface area contributed by atoms with Crippen molar-refractivity contribution in [3.8, 4) is 0 Å². The van der Waals surface area contributed by atoms with Crippen molar-refractivity contribution in [2.24, 2.45) is 0 Å². The van der Waals surface area contributed by atoms with Gasteiger partial charge in [0.25, 0.3) is 0 Å². The number of rotatable bonds is 2. The van der Waals surface area contributed by atoms with Gasteiger partial charge in [0.15, 0.2) is 0 Å². The van der Waals surface area contributed by atoms with Crippen LogP contribution in [0.25, 0.3) is 0 Å². The summed E-state index contributed by atoms with van der Waals surface area (Å²) in [7, 11) is 0. The highest BCUT2D eigenvalue weighted by atomic mass is 19.4. The summed E-state index contributed by atoms with van der Waals surface area (Å²) in [6.07, 6.45) is -4.71. The molecule has 2 rings (SSSR count). The maximum absolute atomic E-state index is 13.4. The molecule has 20 heavy (non-hydrogen) atoms. The summed E-state index contributed by atoms with van der Waals surface area (Å²) >= 11 is 0. The van der Waals surface area contributed by atoms with Crippen molar-refractivity contribution in [2.75, 3.05) is 11.1 Å². The van der Waals surface area contributed by atoms with Crippen LogP contribution in [-0.4, -0.2) is 9.97 Å². The second kappa shape index (κ2) is 4.95. The molecule has 1 aromatic carbocycles. The molecule has 4 nitrogen and oxygen atoms in total. The third-order valence-corrected chi connectivity index (χ3v) is 2.53. The molecule has 0 saturated heterocycles. The fourth-order valence-corrected chi connectivity index (χ4v) is 1.54. The molecule has 0 saturated carbocycles. The van der Waals surface area contributed by atoms with Gasteiger partial charge in [-0.15, -0.1) is 0 Å². The van der Waals surface area contributed by atoms with E-state index in [1.54, 1.807) is 0 Å². The molecule has 0 atom stereocenters. The van der Waals surface area contributed by atoms with Gasteiger partial charge in [0, 0.05) is 17.3 Å². The van der Waals surface area contributed by atoms with Crippen LogP contribution >= 0.6 is 0 Å². The van der Waals surface area contributed by atoms with E-state index in [9.17, 15) is 17.6 Å². The number of nitrogens with one attached hydrogen (secondary N) is 1. The van der Waals surface area contributed by atoms with Crippen LogP contribution in [0.15, 0.2) is 24.3 Å². The molecule has 1 aromatic heterocycles. The van der Waals surface area contributed by atoms with Gasteiger partial charge in [-0.25, -0.2) is 14.4 Å². The molecular weight excluding hydrogens is 276 g/mol. The number of nitrogen functional groups attached to an aromatic ring is 1. The van der Waals surface area contributed by atoms with E-state index >= 15 is 0 Å². The number of alkyl halides is 3. The predicted molar refractivity (Wildman–Crippen MR) is 65.9 cm³/mol. The Morgan fingerprint density at radius 2 is 1.90 bits per heavy atom. The van der Waals surface area contributed by atoms with Crippen molar-refractivity contribution in [1.82, 2.24) is 9.97 Å². The zero-order valence-electron chi connectivity index (χ0n) is 10.3. The van der Waals surface area contributed by atoms with E-state index < -0.39 is 17.8 Å². The average molecular weight is 286 g/mol. The molecular formula is C12H10F4N4. The molecule has 0 radical (unpaired) electrons. The highest BCUT2D eigenvalue weighted by Gasteiger charge is 2.35. The van der Waals surface area contributed by atoms with Gasteiger partial charge in [-0.2, -0.15) is 13.2 Å². The van der Waals surface area contributed by atoms with Crippen LogP contribution in [0.4, 0.5) is 34.9 Å². The lowest BCUT2D eigenvalue weighted by molar-refractivity contribution is -0.144. The van der Waals surface area contributed by atoms with Crippen LogP contribution in [0.3, 0.4) is 0 Å². The molecule has 0 spiro atoms. The number of nitrogens with two attached hydrogens (primary N) is 1. The van der Waals surface area contributed by atoms with Crippen LogP contribution in [0, 0.1) is 12.7 Å². The maximum atomic E-state index is 13.4. The standard InChI is InChI=1S/C12H10F4N4/c1-6-7(13)3-2-4-8(6)18-10-5-9(17)19-11(20-10)12(14,15)16/h2-5H,1H3,(H3,17,18,19,20). The number of aromatic nitrogens is 2. The summed E-state index contributed by atoms with van der Waals surface area (Å²) in [6, 6.07) is 5.33. The van der Waals surface area contributed by atoms with Crippen LogP contribution in [0.1, 0.15) is 11.4 Å². The molecule has 106 valence electrons. The molecule has 0 bridgehead atoms. The fourth-order valence-electron chi connectivity index (χ4n) is 1.54. The molecule has 8 heteroatoms. The molecule has 0 aliphatic heterocycles. The molecule has 0 unspecified atom stereocenters. The fraction of sp³-hybridized carbons (Fsp3) is 0.167. The molecule has 1 heterocycles. The van der Waals surface area contributed by atoms with E-state index in [0.717, 1.165) is 6.07 Å². The first-order valence-electron chi connectivity index (χ1n) is 5.51. The Kier molecular flexibility index (Phi) is 3.47. The van der Waals surface area contributed by atoms with E-state index in [2.05, 4.69) is 15.3 Å². The Bertz CT molecular complexity index is 640.